The summed E-state index contributed by atoms with van der Waals surface area (Å²) in [7, 11) is 3.27. The minimum absolute atomic E-state index is 0.150. The highest BCUT2D eigenvalue weighted by Crippen LogP contribution is 2.41. The van der Waals surface area contributed by atoms with Gasteiger partial charge in [-0.3, -0.25) is 0 Å². The Kier molecular flexibility index (Phi) is 6.12. The van der Waals surface area contributed by atoms with Crippen molar-refractivity contribution in [2.24, 2.45) is 0 Å². The van der Waals surface area contributed by atoms with Crippen LogP contribution in [-0.4, -0.2) is 30.7 Å². The lowest BCUT2D eigenvalue weighted by molar-refractivity contribution is 0.354. The molecule has 3 aromatic carbocycles. The van der Waals surface area contributed by atoms with Crippen molar-refractivity contribution in [2.75, 3.05) is 26.1 Å². The molecule has 1 aliphatic rings. The van der Waals surface area contributed by atoms with Gasteiger partial charge in [0.15, 0.2) is 11.5 Å². The summed E-state index contributed by atoms with van der Waals surface area (Å²) in [6, 6.07) is 21.0. The molecule has 1 aliphatic carbocycles. The lowest BCUT2D eigenvalue weighted by Gasteiger charge is -2.27. The van der Waals surface area contributed by atoms with Crippen molar-refractivity contribution >= 4 is 5.95 Å². The summed E-state index contributed by atoms with van der Waals surface area (Å²) in [6.45, 7) is 0.689. The molecule has 4 aromatic rings. The van der Waals surface area contributed by atoms with Crippen LogP contribution in [0.3, 0.4) is 0 Å². The number of methoxy groups -OCH3 is 2. The number of ether oxygens (including phenoxy) is 2. The molecule has 1 aromatic heterocycles. The van der Waals surface area contributed by atoms with E-state index in [1.165, 1.54) is 17.7 Å². The van der Waals surface area contributed by atoms with E-state index in [-0.39, 0.29) is 11.7 Å². The minimum Gasteiger partial charge on any atom is -0.493 e. The maximum atomic E-state index is 13.5. The summed E-state index contributed by atoms with van der Waals surface area (Å²) in [5.74, 6) is 1.97. The molecule has 0 spiro atoms. The van der Waals surface area contributed by atoms with E-state index in [1.54, 1.807) is 14.2 Å². The van der Waals surface area contributed by atoms with Crippen molar-refractivity contribution in [3.05, 3.63) is 101 Å². The summed E-state index contributed by atoms with van der Waals surface area (Å²) in [5.41, 5.74) is 6.59. The van der Waals surface area contributed by atoms with E-state index in [2.05, 4.69) is 22.4 Å². The third-order valence-corrected chi connectivity index (χ3v) is 6.30. The number of hydrogen-bond acceptors (Lipinski definition) is 5. The second-order valence-electron chi connectivity index (χ2n) is 8.33. The molecular weight excluding hydrogens is 429 g/mol. The van der Waals surface area contributed by atoms with E-state index in [1.807, 2.05) is 48.7 Å². The molecule has 0 fully saturated rings. The molecule has 5 rings (SSSR count). The number of nitrogens with one attached hydrogen (secondary N) is 1. The van der Waals surface area contributed by atoms with Crippen LogP contribution in [0.5, 0.6) is 11.5 Å². The monoisotopic (exact) mass is 455 g/mol. The first kappa shape index (κ1) is 21.9. The zero-order chi connectivity index (χ0) is 23.5. The lowest BCUT2D eigenvalue weighted by atomic mass is 9.78. The Morgan fingerprint density at radius 1 is 0.971 bits per heavy atom. The number of fused-ring (bicyclic) bond motifs is 3. The third-order valence-electron chi connectivity index (χ3n) is 6.30. The standard InChI is InChI=1S/C28H26FN3O2/c1-33-25-12-7-18(15-26(25)34-2)13-14-30-28-31-17-20-16-24(19-8-10-21(29)11-9-19)22-5-3-4-6-23(22)27(20)32-28/h3-12,15,17,24H,13-14,16H2,1-2H3,(H,30,31,32). The fraction of sp³-hybridized carbons (Fsp3) is 0.214. The van der Waals surface area contributed by atoms with Crippen LogP contribution in [0.1, 0.15) is 28.2 Å². The normalized spacial score (nSPS) is 14.1. The first-order chi connectivity index (χ1) is 16.7. The van der Waals surface area contributed by atoms with Gasteiger partial charge in [-0.15, -0.1) is 0 Å². The molecule has 6 heteroatoms. The summed E-state index contributed by atoms with van der Waals surface area (Å²) in [5, 5.41) is 3.35. The molecule has 1 unspecified atom stereocenters. The van der Waals surface area contributed by atoms with E-state index in [0.29, 0.717) is 12.5 Å². The largest absolute Gasteiger partial charge is 0.493 e. The second kappa shape index (κ2) is 9.51. The number of aromatic nitrogens is 2. The van der Waals surface area contributed by atoms with Gasteiger partial charge in [-0.2, -0.15) is 0 Å². The van der Waals surface area contributed by atoms with Crippen LogP contribution < -0.4 is 14.8 Å². The summed E-state index contributed by atoms with van der Waals surface area (Å²) in [6.07, 6.45) is 3.49. The first-order valence-electron chi connectivity index (χ1n) is 11.3. The van der Waals surface area contributed by atoms with Crippen molar-refractivity contribution in [3.8, 4) is 22.8 Å². The van der Waals surface area contributed by atoms with Gasteiger partial charge in [0.05, 0.1) is 19.9 Å². The van der Waals surface area contributed by atoms with Crippen LogP contribution in [0, 0.1) is 5.82 Å². The number of nitrogens with zero attached hydrogens (tertiary/aromatic N) is 2. The molecule has 1 N–H and O–H groups in total. The number of hydrogen-bond donors (Lipinski definition) is 1. The minimum atomic E-state index is -0.222. The first-order valence-corrected chi connectivity index (χ1v) is 11.3. The number of benzene rings is 3. The number of anilines is 1. The Hall–Kier alpha value is -3.93. The fourth-order valence-electron chi connectivity index (χ4n) is 4.57. The van der Waals surface area contributed by atoms with Gasteiger partial charge in [-0.1, -0.05) is 42.5 Å². The van der Waals surface area contributed by atoms with Gasteiger partial charge in [0.1, 0.15) is 5.82 Å². The second-order valence-corrected chi connectivity index (χ2v) is 8.33. The van der Waals surface area contributed by atoms with E-state index in [0.717, 1.165) is 52.3 Å². The van der Waals surface area contributed by atoms with Crippen LogP contribution >= 0.6 is 0 Å². The van der Waals surface area contributed by atoms with E-state index < -0.39 is 0 Å². The van der Waals surface area contributed by atoms with Gasteiger partial charge in [0, 0.05) is 24.2 Å². The lowest BCUT2D eigenvalue weighted by Crippen LogP contribution is -2.16. The Morgan fingerprint density at radius 2 is 1.76 bits per heavy atom. The van der Waals surface area contributed by atoms with Crippen LogP contribution in [0.2, 0.25) is 0 Å². The summed E-state index contributed by atoms with van der Waals surface area (Å²) < 4.78 is 24.2. The predicted molar refractivity (Wildman–Crippen MR) is 131 cm³/mol. The zero-order valence-electron chi connectivity index (χ0n) is 19.2. The summed E-state index contributed by atoms with van der Waals surface area (Å²) >= 11 is 0. The van der Waals surface area contributed by atoms with Gasteiger partial charge in [0.25, 0.3) is 0 Å². The fourth-order valence-corrected chi connectivity index (χ4v) is 4.57. The van der Waals surface area contributed by atoms with Crippen LogP contribution in [0.25, 0.3) is 11.3 Å². The van der Waals surface area contributed by atoms with Gasteiger partial charge in [-0.25, -0.2) is 14.4 Å². The van der Waals surface area contributed by atoms with Gasteiger partial charge in [0.2, 0.25) is 5.95 Å². The molecule has 0 amide bonds. The molecule has 1 heterocycles. The number of halogens is 1. The molecule has 0 saturated carbocycles. The predicted octanol–water partition coefficient (Wildman–Crippen LogP) is 5.64. The van der Waals surface area contributed by atoms with Gasteiger partial charge >= 0.3 is 0 Å². The maximum Gasteiger partial charge on any atom is 0.223 e. The Balaban J connectivity index is 1.35. The molecule has 172 valence electrons. The van der Waals surface area contributed by atoms with E-state index in [4.69, 9.17) is 14.5 Å². The molecule has 34 heavy (non-hydrogen) atoms. The highest BCUT2D eigenvalue weighted by Gasteiger charge is 2.27. The molecule has 5 nitrogen and oxygen atoms in total. The van der Waals surface area contributed by atoms with E-state index in [9.17, 15) is 4.39 Å². The third kappa shape index (κ3) is 4.31. The molecular formula is C28H26FN3O2. The SMILES string of the molecule is COc1ccc(CCNc2ncc3c(n2)-c2ccccc2C(c2ccc(F)cc2)C3)cc1OC. The average Bonchev–Trinajstić information content (AvgIpc) is 2.88. The Labute approximate surface area is 198 Å². The molecule has 0 saturated heterocycles. The highest BCUT2D eigenvalue weighted by atomic mass is 19.1. The van der Waals surface area contributed by atoms with Crippen molar-refractivity contribution in [1.82, 2.24) is 9.97 Å². The van der Waals surface area contributed by atoms with Crippen molar-refractivity contribution in [2.45, 2.75) is 18.8 Å². The maximum absolute atomic E-state index is 13.5. The van der Waals surface area contributed by atoms with Crippen molar-refractivity contribution in [3.63, 3.8) is 0 Å². The van der Waals surface area contributed by atoms with Crippen molar-refractivity contribution < 1.29 is 13.9 Å². The number of rotatable bonds is 7. The quantitative estimate of drug-likeness (QED) is 0.391. The topological polar surface area (TPSA) is 56.3 Å². The van der Waals surface area contributed by atoms with Crippen LogP contribution in [0.4, 0.5) is 10.3 Å². The molecule has 1 atom stereocenters. The smallest absolute Gasteiger partial charge is 0.223 e. The van der Waals surface area contributed by atoms with Gasteiger partial charge < -0.3 is 14.8 Å². The Bertz CT molecular complexity index is 1310. The summed E-state index contributed by atoms with van der Waals surface area (Å²) in [4.78, 5) is 9.43. The van der Waals surface area contributed by atoms with Crippen molar-refractivity contribution in [1.29, 1.82) is 0 Å². The molecule has 0 radical (unpaired) electrons. The van der Waals surface area contributed by atoms with E-state index >= 15 is 0 Å². The Morgan fingerprint density at radius 3 is 2.56 bits per heavy atom. The molecule has 0 bridgehead atoms. The molecule has 0 aliphatic heterocycles. The average molecular weight is 456 g/mol. The van der Waals surface area contributed by atoms with Crippen LogP contribution in [0.15, 0.2) is 72.9 Å². The zero-order valence-corrected chi connectivity index (χ0v) is 19.2. The van der Waals surface area contributed by atoms with Gasteiger partial charge in [-0.05, 0) is 59.4 Å². The van der Waals surface area contributed by atoms with Crippen LogP contribution in [-0.2, 0) is 12.8 Å². The highest BCUT2D eigenvalue weighted by molar-refractivity contribution is 5.72.